The molecule has 1 amide bonds. The van der Waals surface area contributed by atoms with Crippen molar-refractivity contribution in [2.45, 2.75) is 13.5 Å². The van der Waals surface area contributed by atoms with Crippen LogP contribution in [0.2, 0.25) is 0 Å². The van der Waals surface area contributed by atoms with Gasteiger partial charge in [0.2, 0.25) is 5.88 Å². The summed E-state index contributed by atoms with van der Waals surface area (Å²) in [7, 11) is 1.61. The fourth-order valence-electron chi connectivity index (χ4n) is 2.41. The van der Waals surface area contributed by atoms with Crippen LogP contribution in [0.1, 0.15) is 21.8 Å². The monoisotopic (exact) mass is 375 g/mol. The average molecular weight is 375 g/mol. The summed E-state index contributed by atoms with van der Waals surface area (Å²) in [5.74, 6) is -0.0400. The van der Waals surface area contributed by atoms with Crippen LogP contribution in [0.25, 0.3) is 11.4 Å². The van der Waals surface area contributed by atoms with E-state index in [0.29, 0.717) is 28.4 Å². The Morgan fingerprint density at radius 3 is 2.96 bits per heavy atom. The second-order valence-corrected chi connectivity index (χ2v) is 5.69. The summed E-state index contributed by atoms with van der Waals surface area (Å²) in [5.41, 5.74) is 1.84. The number of halogens is 1. The van der Waals surface area contributed by atoms with Gasteiger partial charge in [-0.1, -0.05) is 5.16 Å². The van der Waals surface area contributed by atoms with Gasteiger partial charge in [-0.25, -0.2) is 4.39 Å². The van der Waals surface area contributed by atoms with E-state index in [-0.39, 0.29) is 31.5 Å². The first-order valence-electron chi connectivity index (χ1n) is 8.12. The van der Waals surface area contributed by atoms with Crippen LogP contribution in [0.3, 0.4) is 0 Å². The molecule has 3 aromatic heterocycles. The predicted octanol–water partition coefficient (Wildman–Crippen LogP) is 1.22. The van der Waals surface area contributed by atoms with Gasteiger partial charge in [-0.2, -0.15) is 0 Å². The molecule has 0 saturated heterocycles. The Morgan fingerprint density at radius 2 is 2.26 bits per heavy atom. The highest BCUT2D eigenvalue weighted by Crippen LogP contribution is 2.25. The molecule has 142 valence electrons. The van der Waals surface area contributed by atoms with Crippen molar-refractivity contribution < 1.29 is 23.6 Å². The van der Waals surface area contributed by atoms with E-state index < -0.39 is 5.82 Å². The van der Waals surface area contributed by atoms with Crippen LogP contribution in [-0.2, 0) is 13.7 Å². The van der Waals surface area contributed by atoms with Crippen LogP contribution < -0.4 is 10.1 Å². The van der Waals surface area contributed by atoms with Gasteiger partial charge >= 0.3 is 0 Å². The van der Waals surface area contributed by atoms with Crippen molar-refractivity contribution in [1.82, 2.24) is 25.2 Å². The molecule has 10 heteroatoms. The maximum absolute atomic E-state index is 13.1. The second kappa shape index (κ2) is 7.96. The quantitative estimate of drug-likeness (QED) is 0.638. The third-order valence-electron chi connectivity index (χ3n) is 3.81. The molecule has 0 aliphatic heterocycles. The number of pyridine rings is 1. The van der Waals surface area contributed by atoms with Crippen LogP contribution in [0.15, 0.2) is 28.9 Å². The number of nitrogens with one attached hydrogen (secondary N) is 1. The number of hydrogen-bond acceptors (Lipinski definition) is 7. The van der Waals surface area contributed by atoms with E-state index in [4.69, 9.17) is 14.4 Å². The molecule has 0 radical (unpaired) electrons. The molecule has 0 unspecified atom stereocenters. The summed E-state index contributed by atoms with van der Waals surface area (Å²) in [6, 6.07) is 4.28. The van der Waals surface area contributed by atoms with Crippen LogP contribution in [-0.4, -0.2) is 44.1 Å². The number of aliphatic hydroxyl groups is 1. The molecule has 0 saturated carbocycles. The molecule has 0 spiro atoms. The lowest BCUT2D eigenvalue weighted by atomic mass is 10.1. The standard InChI is InChI=1S/C17H18FN5O4/c1-10-12(16(22-27-10)13-4-3-11(18)8-20-13)9-26-15-7-14(23(2)21-15)17(25)19-5-6-24/h3-4,7-8,24H,5-6,9H2,1-2H3,(H,19,25). The van der Waals surface area contributed by atoms with Gasteiger partial charge in [0.25, 0.3) is 5.91 Å². The third-order valence-corrected chi connectivity index (χ3v) is 3.81. The lowest BCUT2D eigenvalue weighted by molar-refractivity contribution is 0.0935. The molecule has 0 aromatic carbocycles. The average Bonchev–Trinajstić information content (AvgIpc) is 3.21. The molecule has 9 nitrogen and oxygen atoms in total. The minimum absolute atomic E-state index is 0.0818. The maximum Gasteiger partial charge on any atom is 0.269 e. The van der Waals surface area contributed by atoms with Gasteiger partial charge in [-0.3, -0.25) is 14.5 Å². The molecule has 3 heterocycles. The van der Waals surface area contributed by atoms with Crippen LogP contribution >= 0.6 is 0 Å². The highest BCUT2D eigenvalue weighted by Gasteiger charge is 2.18. The number of carbonyl (C=O) groups excluding carboxylic acids is 1. The van der Waals surface area contributed by atoms with Gasteiger partial charge in [0.1, 0.15) is 29.6 Å². The van der Waals surface area contributed by atoms with Crippen molar-refractivity contribution in [3.8, 4) is 17.3 Å². The number of aromatic nitrogens is 4. The van der Waals surface area contributed by atoms with Gasteiger partial charge in [0.05, 0.1) is 24.1 Å². The topological polar surface area (TPSA) is 115 Å². The van der Waals surface area contributed by atoms with Crippen LogP contribution in [0, 0.1) is 12.7 Å². The zero-order chi connectivity index (χ0) is 19.4. The summed E-state index contributed by atoms with van der Waals surface area (Å²) >= 11 is 0. The van der Waals surface area contributed by atoms with Crippen molar-refractivity contribution in [3.05, 3.63) is 47.2 Å². The van der Waals surface area contributed by atoms with E-state index in [1.807, 2.05) is 0 Å². The van der Waals surface area contributed by atoms with E-state index in [9.17, 15) is 9.18 Å². The van der Waals surface area contributed by atoms with Crippen molar-refractivity contribution in [1.29, 1.82) is 0 Å². The fourth-order valence-corrected chi connectivity index (χ4v) is 2.41. The summed E-state index contributed by atoms with van der Waals surface area (Å²) in [5, 5.41) is 19.4. The molecule has 3 aromatic rings. The van der Waals surface area contributed by atoms with E-state index in [1.165, 1.54) is 22.9 Å². The Kier molecular flexibility index (Phi) is 5.46. The Balaban J connectivity index is 1.75. The van der Waals surface area contributed by atoms with Crippen LogP contribution in [0.5, 0.6) is 5.88 Å². The van der Waals surface area contributed by atoms with Gasteiger partial charge in [-0.05, 0) is 19.1 Å². The largest absolute Gasteiger partial charge is 0.471 e. The summed E-state index contributed by atoms with van der Waals surface area (Å²) in [4.78, 5) is 16.0. The Bertz CT molecular complexity index is 935. The zero-order valence-corrected chi connectivity index (χ0v) is 14.8. The number of amides is 1. The van der Waals surface area contributed by atoms with E-state index in [0.717, 1.165) is 6.20 Å². The molecule has 0 bridgehead atoms. The predicted molar refractivity (Wildman–Crippen MR) is 91.4 cm³/mol. The van der Waals surface area contributed by atoms with E-state index in [2.05, 4.69) is 20.6 Å². The summed E-state index contributed by atoms with van der Waals surface area (Å²) < 4.78 is 25.3. The van der Waals surface area contributed by atoms with Crippen LogP contribution in [0.4, 0.5) is 4.39 Å². The number of rotatable bonds is 7. The van der Waals surface area contributed by atoms with Crippen molar-refractivity contribution in [2.75, 3.05) is 13.2 Å². The smallest absolute Gasteiger partial charge is 0.269 e. The maximum atomic E-state index is 13.1. The van der Waals surface area contributed by atoms with Gasteiger partial charge in [0.15, 0.2) is 0 Å². The third kappa shape index (κ3) is 4.11. The van der Waals surface area contributed by atoms with Gasteiger partial charge < -0.3 is 19.7 Å². The number of nitrogens with zero attached hydrogens (tertiary/aromatic N) is 4. The first-order valence-corrected chi connectivity index (χ1v) is 8.12. The first-order chi connectivity index (χ1) is 13.0. The number of hydrogen-bond donors (Lipinski definition) is 2. The Labute approximate surface area is 153 Å². The summed E-state index contributed by atoms with van der Waals surface area (Å²) in [6.45, 7) is 1.80. The van der Waals surface area contributed by atoms with E-state index in [1.54, 1.807) is 14.0 Å². The number of carbonyl (C=O) groups is 1. The number of aliphatic hydroxyl groups excluding tert-OH is 1. The SMILES string of the molecule is Cc1onc(-c2ccc(F)cn2)c1COc1cc(C(=O)NCCO)n(C)n1. The second-order valence-electron chi connectivity index (χ2n) is 5.69. The molecule has 27 heavy (non-hydrogen) atoms. The van der Waals surface area contributed by atoms with E-state index >= 15 is 0 Å². The van der Waals surface area contributed by atoms with Crippen molar-refractivity contribution >= 4 is 5.91 Å². The highest BCUT2D eigenvalue weighted by molar-refractivity contribution is 5.92. The number of aryl methyl sites for hydroxylation is 2. The minimum atomic E-state index is -0.447. The number of ether oxygens (including phenoxy) is 1. The van der Waals surface area contributed by atoms with Gasteiger partial charge in [0, 0.05) is 19.7 Å². The molecule has 2 N–H and O–H groups in total. The van der Waals surface area contributed by atoms with Crippen molar-refractivity contribution in [2.24, 2.45) is 7.05 Å². The Hall–Kier alpha value is -3.27. The lowest BCUT2D eigenvalue weighted by Crippen LogP contribution is -2.28. The molecule has 0 aliphatic carbocycles. The Morgan fingerprint density at radius 1 is 1.44 bits per heavy atom. The minimum Gasteiger partial charge on any atom is -0.471 e. The fraction of sp³-hybridized carbons (Fsp3) is 0.294. The normalized spacial score (nSPS) is 10.8. The zero-order valence-electron chi connectivity index (χ0n) is 14.8. The molecular formula is C17H18FN5O4. The summed E-state index contributed by atoms with van der Waals surface area (Å²) in [6.07, 6.45) is 1.10. The van der Waals surface area contributed by atoms with Crippen molar-refractivity contribution in [3.63, 3.8) is 0 Å². The molecule has 0 fully saturated rings. The highest BCUT2D eigenvalue weighted by atomic mass is 19.1. The molecule has 0 aliphatic rings. The van der Waals surface area contributed by atoms with Gasteiger partial charge in [-0.15, -0.1) is 5.10 Å². The first kappa shape index (κ1) is 18.5. The molecule has 0 atom stereocenters. The molecular weight excluding hydrogens is 357 g/mol. The molecule has 3 rings (SSSR count). The lowest BCUT2D eigenvalue weighted by Gasteiger charge is -2.03.